The lowest BCUT2D eigenvalue weighted by molar-refractivity contribution is -0.137. The molecular weight excluding hydrogens is 394 g/mol. The van der Waals surface area contributed by atoms with Crippen LogP contribution < -0.4 is 10.9 Å². The summed E-state index contributed by atoms with van der Waals surface area (Å²) in [5, 5.41) is 4.95. The van der Waals surface area contributed by atoms with E-state index in [1.54, 1.807) is 0 Å². The van der Waals surface area contributed by atoms with E-state index in [0.29, 0.717) is 6.07 Å². The molecule has 0 atom stereocenters. The number of benzene rings is 1. The summed E-state index contributed by atoms with van der Waals surface area (Å²) in [7, 11) is 0. The Morgan fingerprint density at radius 1 is 1.21 bits per heavy atom. The van der Waals surface area contributed by atoms with E-state index in [1.807, 2.05) is 0 Å². The maximum absolute atomic E-state index is 12.8. The van der Waals surface area contributed by atoms with Crippen LogP contribution in [-0.4, -0.2) is 15.7 Å². The third kappa shape index (κ3) is 4.19. The van der Waals surface area contributed by atoms with Crippen molar-refractivity contribution in [2.75, 3.05) is 5.32 Å². The van der Waals surface area contributed by atoms with Crippen molar-refractivity contribution in [2.24, 2.45) is 0 Å². The Morgan fingerprint density at radius 2 is 1.88 bits per heavy atom. The molecule has 1 aromatic heterocycles. The summed E-state index contributed by atoms with van der Waals surface area (Å²) >= 11 is 16.7. The molecule has 2 rings (SSSR count). The molecule has 0 aliphatic heterocycles. The van der Waals surface area contributed by atoms with Crippen LogP contribution in [0.5, 0.6) is 0 Å². The van der Waals surface area contributed by atoms with E-state index in [1.165, 1.54) is 6.07 Å². The molecular formula is C13H7Cl3F3N3O2. The van der Waals surface area contributed by atoms with Gasteiger partial charge < -0.3 is 5.32 Å². The minimum atomic E-state index is -4.67. The summed E-state index contributed by atoms with van der Waals surface area (Å²) < 4.78 is 39.0. The van der Waals surface area contributed by atoms with Crippen LogP contribution in [0.25, 0.3) is 0 Å². The van der Waals surface area contributed by atoms with Gasteiger partial charge in [-0.15, -0.1) is 0 Å². The van der Waals surface area contributed by atoms with E-state index < -0.39 is 34.8 Å². The summed E-state index contributed by atoms with van der Waals surface area (Å²) in [6.45, 7) is -0.556. The largest absolute Gasteiger partial charge is 0.417 e. The van der Waals surface area contributed by atoms with Gasteiger partial charge in [0.2, 0.25) is 5.91 Å². The van der Waals surface area contributed by atoms with Crippen molar-refractivity contribution in [2.45, 2.75) is 12.7 Å². The fraction of sp³-hybridized carbons (Fsp3) is 0.154. The number of hydrogen-bond donors (Lipinski definition) is 1. The number of alkyl halides is 3. The van der Waals surface area contributed by atoms with Crippen LogP contribution in [0.4, 0.5) is 18.9 Å². The van der Waals surface area contributed by atoms with E-state index in [4.69, 9.17) is 34.8 Å². The summed E-state index contributed by atoms with van der Waals surface area (Å²) in [5.74, 6) is -0.779. The van der Waals surface area contributed by atoms with Gasteiger partial charge in [-0.1, -0.05) is 34.8 Å². The van der Waals surface area contributed by atoms with Crippen LogP contribution in [0.1, 0.15) is 5.56 Å². The van der Waals surface area contributed by atoms with Gasteiger partial charge in [-0.05, 0) is 18.2 Å². The third-order valence-electron chi connectivity index (χ3n) is 2.79. The highest BCUT2D eigenvalue weighted by molar-refractivity contribution is 6.41. The molecule has 5 nitrogen and oxygen atoms in total. The molecule has 0 spiro atoms. The molecule has 128 valence electrons. The van der Waals surface area contributed by atoms with Crippen molar-refractivity contribution >= 4 is 46.4 Å². The molecule has 1 aromatic carbocycles. The van der Waals surface area contributed by atoms with Crippen LogP contribution in [-0.2, 0) is 17.5 Å². The molecule has 2 aromatic rings. The first-order valence-corrected chi connectivity index (χ1v) is 7.30. The fourth-order valence-electron chi connectivity index (χ4n) is 1.71. The van der Waals surface area contributed by atoms with Gasteiger partial charge in [-0.3, -0.25) is 9.59 Å². The van der Waals surface area contributed by atoms with Crippen LogP contribution >= 0.6 is 34.8 Å². The fourth-order valence-corrected chi connectivity index (χ4v) is 2.21. The molecule has 0 aliphatic carbocycles. The maximum atomic E-state index is 12.8. The first kappa shape index (κ1) is 18.6. The van der Waals surface area contributed by atoms with E-state index in [0.717, 1.165) is 16.9 Å². The van der Waals surface area contributed by atoms with Crippen molar-refractivity contribution in [3.63, 3.8) is 0 Å². The Labute approximate surface area is 147 Å². The molecule has 24 heavy (non-hydrogen) atoms. The minimum absolute atomic E-state index is 0.0779. The first-order chi connectivity index (χ1) is 11.1. The van der Waals surface area contributed by atoms with E-state index in [2.05, 4.69) is 10.4 Å². The average Bonchev–Trinajstić information content (AvgIpc) is 2.49. The number of rotatable bonds is 3. The lowest BCUT2D eigenvalue weighted by Crippen LogP contribution is -2.29. The number of aromatic nitrogens is 2. The van der Waals surface area contributed by atoms with E-state index >= 15 is 0 Å². The highest BCUT2D eigenvalue weighted by atomic mass is 35.5. The summed E-state index contributed by atoms with van der Waals surface area (Å²) in [4.78, 5) is 23.6. The topological polar surface area (TPSA) is 64.0 Å². The van der Waals surface area contributed by atoms with Gasteiger partial charge in [0, 0.05) is 5.69 Å². The monoisotopic (exact) mass is 399 g/mol. The van der Waals surface area contributed by atoms with Crippen LogP contribution in [0, 0.1) is 0 Å². The SMILES string of the molecule is O=C(Cn1ncc(Cl)c(Cl)c1=O)Nc1ccc(Cl)c(C(F)(F)F)c1. The normalized spacial score (nSPS) is 11.4. The zero-order valence-electron chi connectivity index (χ0n) is 11.5. The Morgan fingerprint density at radius 3 is 2.50 bits per heavy atom. The smallest absolute Gasteiger partial charge is 0.324 e. The summed E-state index contributed by atoms with van der Waals surface area (Å²) in [6, 6.07) is 2.88. The predicted molar refractivity (Wildman–Crippen MR) is 83.6 cm³/mol. The molecule has 0 saturated heterocycles. The molecule has 1 amide bonds. The van der Waals surface area contributed by atoms with Gasteiger partial charge in [0.05, 0.1) is 21.8 Å². The van der Waals surface area contributed by atoms with Gasteiger partial charge in [0.1, 0.15) is 11.6 Å². The number of carbonyl (C=O) groups excluding carboxylic acids is 1. The molecule has 0 radical (unpaired) electrons. The quantitative estimate of drug-likeness (QED) is 0.851. The molecule has 0 fully saturated rings. The Bertz CT molecular complexity index is 853. The maximum Gasteiger partial charge on any atom is 0.417 e. The number of carbonyl (C=O) groups is 1. The van der Waals surface area contributed by atoms with Gasteiger partial charge in [0.25, 0.3) is 5.56 Å². The number of nitrogens with one attached hydrogen (secondary N) is 1. The molecule has 11 heteroatoms. The highest BCUT2D eigenvalue weighted by Gasteiger charge is 2.33. The van der Waals surface area contributed by atoms with Crippen molar-refractivity contribution in [1.82, 2.24) is 9.78 Å². The second-order valence-corrected chi connectivity index (χ2v) is 5.70. The lowest BCUT2D eigenvalue weighted by atomic mass is 10.2. The third-order valence-corrected chi connectivity index (χ3v) is 3.87. The Balaban J connectivity index is 2.19. The summed E-state index contributed by atoms with van der Waals surface area (Å²) in [5.41, 5.74) is -2.02. The minimum Gasteiger partial charge on any atom is -0.324 e. The van der Waals surface area contributed by atoms with E-state index in [-0.39, 0.29) is 15.7 Å². The van der Waals surface area contributed by atoms with E-state index in [9.17, 15) is 22.8 Å². The van der Waals surface area contributed by atoms with Gasteiger partial charge in [-0.2, -0.15) is 18.3 Å². The summed E-state index contributed by atoms with van der Waals surface area (Å²) in [6.07, 6.45) is -3.59. The number of amides is 1. The Hall–Kier alpha value is -1.77. The lowest BCUT2D eigenvalue weighted by Gasteiger charge is -2.12. The number of anilines is 1. The van der Waals surface area contributed by atoms with Gasteiger partial charge >= 0.3 is 6.18 Å². The molecule has 1 N–H and O–H groups in total. The van der Waals surface area contributed by atoms with Crippen molar-refractivity contribution < 1.29 is 18.0 Å². The average molecular weight is 401 g/mol. The van der Waals surface area contributed by atoms with Gasteiger partial charge in [0.15, 0.2) is 0 Å². The highest BCUT2D eigenvalue weighted by Crippen LogP contribution is 2.36. The van der Waals surface area contributed by atoms with Crippen LogP contribution in [0.15, 0.2) is 29.2 Å². The van der Waals surface area contributed by atoms with Gasteiger partial charge in [-0.25, -0.2) is 4.68 Å². The zero-order chi connectivity index (χ0) is 18.1. The molecule has 0 saturated carbocycles. The standard InChI is InChI=1S/C13H7Cl3F3N3O2/c14-8-2-1-6(3-7(8)13(17,18)19)21-10(23)5-22-12(24)11(16)9(15)4-20-22/h1-4H,5H2,(H,21,23). The Kier molecular flexibility index (Phi) is 5.42. The molecule has 0 aliphatic rings. The first-order valence-electron chi connectivity index (χ1n) is 6.17. The zero-order valence-corrected chi connectivity index (χ0v) is 13.8. The van der Waals surface area contributed by atoms with Crippen LogP contribution in [0.2, 0.25) is 15.1 Å². The predicted octanol–water partition coefficient (Wildman–Crippen LogP) is 3.86. The molecule has 0 unspecified atom stereocenters. The van der Waals surface area contributed by atoms with Crippen molar-refractivity contribution in [1.29, 1.82) is 0 Å². The molecule has 0 bridgehead atoms. The van der Waals surface area contributed by atoms with Crippen LogP contribution in [0.3, 0.4) is 0 Å². The second kappa shape index (κ2) is 7.00. The van der Waals surface area contributed by atoms with Crippen molar-refractivity contribution in [3.8, 4) is 0 Å². The second-order valence-electron chi connectivity index (χ2n) is 4.51. The number of hydrogen-bond acceptors (Lipinski definition) is 3. The number of nitrogens with zero attached hydrogens (tertiary/aromatic N) is 2. The van der Waals surface area contributed by atoms with Crippen molar-refractivity contribution in [3.05, 3.63) is 55.4 Å². The number of halogens is 6. The molecule has 1 heterocycles.